The number of piperazine rings is 1. The van der Waals surface area contributed by atoms with Gasteiger partial charge in [0.25, 0.3) is 5.56 Å². The van der Waals surface area contributed by atoms with E-state index in [1.54, 1.807) is 22.1 Å². The minimum absolute atomic E-state index is 0.0867. The van der Waals surface area contributed by atoms with Gasteiger partial charge < -0.3 is 15.1 Å². The van der Waals surface area contributed by atoms with Crippen molar-refractivity contribution in [2.24, 2.45) is 0 Å². The fourth-order valence-corrected chi connectivity index (χ4v) is 5.69. The number of hydrogen-bond donors (Lipinski definition) is 1. The van der Waals surface area contributed by atoms with Crippen LogP contribution in [0.25, 0.3) is 16.6 Å². The van der Waals surface area contributed by atoms with E-state index in [9.17, 15) is 4.79 Å². The molecule has 0 spiro atoms. The summed E-state index contributed by atoms with van der Waals surface area (Å²) in [6.07, 6.45) is 4.12. The van der Waals surface area contributed by atoms with Crippen molar-refractivity contribution >= 4 is 45.3 Å². The molecule has 0 unspecified atom stereocenters. The van der Waals surface area contributed by atoms with Crippen LogP contribution in [0.2, 0.25) is 0 Å². The Kier molecular flexibility index (Phi) is 6.26. The summed E-state index contributed by atoms with van der Waals surface area (Å²) in [6, 6.07) is 10.2. The quantitative estimate of drug-likeness (QED) is 0.384. The molecule has 1 saturated heterocycles. The third kappa shape index (κ3) is 4.89. The van der Waals surface area contributed by atoms with Crippen molar-refractivity contribution in [1.29, 1.82) is 0 Å². The molecule has 3 aromatic heterocycles. The first kappa shape index (κ1) is 23.8. The minimum atomic E-state index is -0.0867. The fraction of sp³-hybridized carbons (Fsp3) is 0.357. The fourth-order valence-electron chi connectivity index (χ4n) is 4.85. The molecule has 1 saturated carbocycles. The molecule has 6 rings (SSSR count). The lowest BCUT2D eigenvalue weighted by Crippen LogP contribution is -2.44. The van der Waals surface area contributed by atoms with Gasteiger partial charge in [-0.25, -0.2) is 9.97 Å². The van der Waals surface area contributed by atoms with Crippen molar-refractivity contribution in [3.05, 3.63) is 75.1 Å². The van der Waals surface area contributed by atoms with Crippen LogP contribution >= 0.6 is 11.3 Å². The van der Waals surface area contributed by atoms with Crippen LogP contribution in [0.5, 0.6) is 0 Å². The number of allylic oxidation sites excluding steroid dienone is 1. The first-order chi connectivity index (χ1) is 18.0. The molecule has 2 aliphatic rings. The Balaban J connectivity index is 1.31. The maximum Gasteiger partial charge on any atom is 0.260 e. The molecule has 2 fully saturated rings. The maximum atomic E-state index is 13.5. The molecule has 37 heavy (non-hydrogen) atoms. The van der Waals surface area contributed by atoms with Gasteiger partial charge in [0.2, 0.25) is 5.95 Å². The van der Waals surface area contributed by atoms with Gasteiger partial charge >= 0.3 is 0 Å². The maximum absolute atomic E-state index is 13.5. The van der Waals surface area contributed by atoms with Crippen LogP contribution < -0.4 is 15.8 Å². The predicted molar refractivity (Wildman–Crippen MR) is 151 cm³/mol. The van der Waals surface area contributed by atoms with Gasteiger partial charge in [0.1, 0.15) is 5.65 Å². The Morgan fingerprint density at radius 1 is 1.14 bits per heavy atom. The number of fused-ring (bicyclic) bond motifs is 1. The monoisotopic (exact) mass is 513 g/mol. The van der Waals surface area contributed by atoms with E-state index < -0.39 is 0 Å². The van der Waals surface area contributed by atoms with Gasteiger partial charge in [-0.2, -0.15) is 4.98 Å². The number of thiazole rings is 1. The Labute approximate surface area is 220 Å². The van der Waals surface area contributed by atoms with Crippen LogP contribution in [0.3, 0.4) is 0 Å². The lowest BCUT2D eigenvalue weighted by atomic mass is 10.1. The van der Waals surface area contributed by atoms with Crippen molar-refractivity contribution in [3.8, 4) is 0 Å². The van der Waals surface area contributed by atoms with Crippen LogP contribution in [0, 0.1) is 0 Å². The molecule has 4 aromatic rings. The van der Waals surface area contributed by atoms with Crippen LogP contribution in [-0.2, 0) is 6.54 Å². The van der Waals surface area contributed by atoms with Gasteiger partial charge in [-0.05, 0) is 62.7 Å². The van der Waals surface area contributed by atoms with Crippen molar-refractivity contribution < 1.29 is 0 Å². The van der Waals surface area contributed by atoms with Gasteiger partial charge in [0.15, 0.2) is 0 Å². The lowest BCUT2D eigenvalue weighted by Gasteiger charge is -2.34. The van der Waals surface area contributed by atoms with E-state index in [1.807, 2.05) is 18.5 Å². The number of rotatable bonds is 7. The van der Waals surface area contributed by atoms with Gasteiger partial charge in [-0.3, -0.25) is 9.36 Å². The highest BCUT2D eigenvalue weighted by Crippen LogP contribution is 2.42. The molecular formula is C28H31N7OS. The van der Waals surface area contributed by atoms with Crippen molar-refractivity contribution in [2.75, 3.05) is 43.4 Å². The third-order valence-corrected chi connectivity index (χ3v) is 8.05. The molecule has 0 radical (unpaired) electrons. The van der Waals surface area contributed by atoms with E-state index in [0.717, 1.165) is 53.4 Å². The number of pyridine rings is 1. The molecule has 1 aliphatic carbocycles. The number of benzene rings is 1. The zero-order valence-corrected chi connectivity index (χ0v) is 22.1. The Morgan fingerprint density at radius 2 is 1.89 bits per heavy atom. The van der Waals surface area contributed by atoms with Crippen molar-refractivity contribution in [2.45, 2.75) is 32.2 Å². The Bertz CT molecular complexity index is 1510. The predicted octanol–water partition coefficient (Wildman–Crippen LogP) is 4.70. The highest BCUT2D eigenvalue weighted by molar-refractivity contribution is 7.09. The zero-order chi connectivity index (χ0) is 25.5. The van der Waals surface area contributed by atoms with E-state index >= 15 is 0 Å². The average Bonchev–Trinajstić information content (AvgIpc) is 3.64. The van der Waals surface area contributed by atoms with E-state index in [1.165, 1.54) is 18.5 Å². The van der Waals surface area contributed by atoms with Gasteiger partial charge in [-0.15, -0.1) is 11.3 Å². The molecule has 0 bridgehead atoms. The molecule has 190 valence electrons. The van der Waals surface area contributed by atoms with Crippen molar-refractivity contribution in [1.82, 2.24) is 24.4 Å². The lowest BCUT2D eigenvalue weighted by molar-refractivity contribution is 0.313. The van der Waals surface area contributed by atoms with Gasteiger partial charge in [-0.1, -0.05) is 6.58 Å². The van der Waals surface area contributed by atoms with Crippen molar-refractivity contribution in [3.63, 3.8) is 0 Å². The number of nitrogens with one attached hydrogen (secondary N) is 1. The second-order valence-electron chi connectivity index (χ2n) is 10.1. The highest BCUT2D eigenvalue weighted by atomic mass is 32.1. The molecular weight excluding hydrogens is 482 g/mol. The summed E-state index contributed by atoms with van der Waals surface area (Å²) >= 11 is 1.61. The summed E-state index contributed by atoms with van der Waals surface area (Å²) in [7, 11) is 2.16. The second-order valence-corrected chi connectivity index (χ2v) is 11.0. The second kappa shape index (κ2) is 9.72. The summed E-state index contributed by atoms with van der Waals surface area (Å²) < 4.78 is 1.75. The summed E-state index contributed by atoms with van der Waals surface area (Å²) in [5.74, 6) is 0.982. The molecule has 0 amide bonds. The Morgan fingerprint density at radius 3 is 2.59 bits per heavy atom. The minimum Gasteiger partial charge on any atom is -0.369 e. The number of nitrogens with zero attached hydrogens (tertiary/aromatic N) is 6. The van der Waals surface area contributed by atoms with E-state index in [4.69, 9.17) is 4.98 Å². The smallest absolute Gasteiger partial charge is 0.260 e. The van der Waals surface area contributed by atoms with Gasteiger partial charge in [0.05, 0.1) is 17.7 Å². The van der Waals surface area contributed by atoms with Gasteiger partial charge in [0, 0.05) is 65.5 Å². The SMILES string of the molecule is C=C(C)c1cc2cnc(Nc3ccc(N4CCN(C)CC4)cc3)nc2n(Cc2scnc2C2CC2)c1=O. The molecule has 0 atom stereocenters. The highest BCUT2D eigenvalue weighted by Gasteiger charge is 2.29. The zero-order valence-electron chi connectivity index (χ0n) is 21.3. The molecule has 9 heteroatoms. The number of hydrogen-bond acceptors (Lipinski definition) is 8. The Hall–Kier alpha value is -3.56. The summed E-state index contributed by atoms with van der Waals surface area (Å²) in [5, 5.41) is 4.14. The standard InChI is InChI=1S/C28H31N7OS/c1-18(2)23-14-20-15-29-28(31-21-6-8-22(9-7-21)34-12-10-33(3)11-13-34)32-26(20)35(27(23)36)16-24-25(19-4-5-19)30-17-37-24/h6-9,14-15,17,19H,1,4-5,10-13,16H2,2-3H3,(H,29,31,32). The third-order valence-electron chi connectivity index (χ3n) is 7.22. The molecule has 8 nitrogen and oxygen atoms in total. The molecule has 1 N–H and O–H groups in total. The van der Waals surface area contributed by atoms with E-state index in [2.05, 4.69) is 63.0 Å². The van der Waals surface area contributed by atoms with Crippen LogP contribution in [0.1, 0.15) is 41.8 Å². The average molecular weight is 514 g/mol. The first-order valence-corrected chi connectivity index (χ1v) is 13.6. The molecule has 4 heterocycles. The normalized spacial score (nSPS) is 16.3. The number of likely N-dealkylation sites (N-methyl/N-ethyl adjacent to an activating group) is 1. The molecule has 1 aliphatic heterocycles. The van der Waals surface area contributed by atoms with E-state index in [-0.39, 0.29) is 5.56 Å². The van der Waals surface area contributed by atoms with E-state index in [0.29, 0.717) is 29.6 Å². The van der Waals surface area contributed by atoms with Crippen LogP contribution in [0.15, 0.2) is 53.4 Å². The van der Waals surface area contributed by atoms with Crippen LogP contribution in [0.4, 0.5) is 17.3 Å². The summed E-state index contributed by atoms with van der Waals surface area (Å²) in [5.41, 5.74) is 6.97. The largest absolute Gasteiger partial charge is 0.369 e. The summed E-state index contributed by atoms with van der Waals surface area (Å²) in [4.78, 5) is 33.4. The summed E-state index contributed by atoms with van der Waals surface area (Å²) in [6.45, 7) is 10.5. The topological polar surface area (TPSA) is 79.2 Å². The number of anilines is 3. The first-order valence-electron chi connectivity index (χ1n) is 12.8. The number of aromatic nitrogens is 4. The van der Waals surface area contributed by atoms with Crippen LogP contribution in [-0.4, -0.2) is 57.6 Å². The molecule has 1 aromatic carbocycles.